The number of ether oxygens (including phenoxy) is 2. The number of methoxy groups -OCH3 is 2. The number of benzene rings is 2. The van der Waals surface area contributed by atoms with E-state index in [1.165, 1.54) is 12.1 Å². The van der Waals surface area contributed by atoms with Crippen molar-refractivity contribution in [3.8, 4) is 11.5 Å². The Morgan fingerprint density at radius 1 is 1.14 bits per heavy atom. The van der Waals surface area contributed by atoms with Crippen LogP contribution in [-0.4, -0.2) is 14.2 Å². The molecule has 2 rings (SSSR count). The van der Waals surface area contributed by atoms with Crippen molar-refractivity contribution < 1.29 is 13.9 Å². The maximum absolute atomic E-state index is 13.1. The van der Waals surface area contributed by atoms with Crippen molar-refractivity contribution in [1.82, 2.24) is 0 Å². The lowest BCUT2D eigenvalue weighted by Gasteiger charge is -2.14. The van der Waals surface area contributed by atoms with Gasteiger partial charge in [-0.3, -0.25) is 0 Å². The van der Waals surface area contributed by atoms with Gasteiger partial charge in [0.1, 0.15) is 5.82 Å². The summed E-state index contributed by atoms with van der Waals surface area (Å²) in [6.07, 6.45) is 0. The molecule has 0 radical (unpaired) electrons. The smallest absolute Gasteiger partial charge is 0.174 e. The molecule has 0 fully saturated rings. The van der Waals surface area contributed by atoms with Crippen molar-refractivity contribution in [2.45, 2.75) is 13.5 Å². The molecule has 0 amide bonds. The minimum atomic E-state index is -0.230. The number of anilines is 1. The van der Waals surface area contributed by atoms with Crippen molar-refractivity contribution in [1.29, 1.82) is 0 Å². The van der Waals surface area contributed by atoms with Gasteiger partial charge in [-0.2, -0.15) is 0 Å². The highest BCUT2D eigenvalue weighted by Gasteiger charge is 2.10. The molecule has 0 spiro atoms. The van der Waals surface area contributed by atoms with Gasteiger partial charge in [-0.25, -0.2) is 4.39 Å². The van der Waals surface area contributed by atoms with Crippen molar-refractivity contribution in [3.05, 3.63) is 51.7 Å². The molecule has 0 saturated heterocycles. The van der Waals surface area contributed by atoms with E-state index in [1.807, 2.05) is 19.1 Å². The lowest BCUT2D eigenvalue weighted by molar-refractivity contribution is 0.352. The monoisotopic (exact) mass is 353 g/mol. The number of hydrogen-bond donors (Lipinski definition) is 1. The van der Waals surface area contributed by atoms with E-state index in [9.17, 15) is 4.39 Å². The van der Waals surface area contributed by atoms with Crippen LogP contribution in [0.3, 0.4) is 0 Å². The molecule has 2 aromatic carbocycles. The molecular weight excluding hydrogens is 337 g/mol. The summed E-state index contributed by atoms with van der Waals surface area (Å²) in [4.78, 5) is 0. The third-order valence-corrected chi connectivity index (χ3v) is 3.75. The van der Waals surface area contributed by atoms with E-state index in [0.29, 0.717) is 18.0 Å². The maximum atomic E-state index is 13.1. The first-order valence-corrected chi connectivity index (χ1v) is 7.25. The predicted octanol–water partition coefficient (Wildman–Crippen LogP) is 4.53. The van der Waals surface area contributed by atoms with Crippen LogP contribution in [0.1, 0.15) is 11.1 Å². The van der Waals surface area contributed by atoms with Crippen molar-refractivity contribution in [2.24, 2.45) is 0 Å². The molecule has 0 aliphatic heterocycles. The number of halogens is 2. The van der Waals surface area contributed by atoms with Crippen LogP contribution in [0.25, 0.3) is 0 Å². The van der Waals surface area contributed by atoms with Gasteiger partial charge >= 0.3 is 0 Å². The Hall–Kier alpha value is -1.75. The van der Waals surface area contributed by atoms with Crippen LogP contribution in [0.2, 0.25) is 0 Å². The molecule has 0 saturated carbocycles. The molecule has 112 valence electrons. The molecule has 0 aliphatic carbocycles. The number of nitrogens with one attached hydrogen (secondary N) is 1. The molecule has 2 aromatic rings. The first kappa shape index (κ1) is 15.6. The Kier molecular flexibility index (Phi) is 5.07. The van der Waals surface area contributed by atoms with E-state index >= 15 is 0 Å². The zero-order valence-electron chi connectivity index (χ0n) is 12.2. The summed E-state index contributed by atoms with van der Waals surface area (Å²) in [6.45, 7) is 2.47. The first-order valence-electron chi connectivity index (χ1n) is 6.45. The fourth-order valence-electron chi connectivity index (χ4n) is 2.10. The summed E-state index contributed by atoms with van der Waals surface area (Å²) in [5.74, 6) is 1.10. The average molecular weight is 354 g/mol. The minimum absolute atomic E-state index is 0.230. The lowest BCUT2D eigenvalue weighted by Crippen LogP contribution is -2.02. The number of hydrogen-bond acceptors (Lipinski definition) is 3. The van der Waals surface area contributed by atoms with Gasteiger partial charge in [-0.05, 0) is 64.3 Å². The molecule has 0 atom stereocenters. The van der Waals surface area contributed by atoms with Gasteiger partial charge in [0.25, 0.3) is 0 Å². The molecule has 5 heteroatoms. The van der Waals surface area contributed by atoms with Crippen LogP contribution in [0.15, 0.2) is 34.8 Å². The van der Waals surface area contributed by atoms with E-state index in [-0.39, 0.29) is 5.82 Å². The fraction of sp³-hybridized carbons (Fsp3) is 0.250. The van der Waals surface area contributed by atoms with Gasteiger partial charge in [-0.1, -0.05) is 0 Å². The summed E-state index contributed by atoms with van der Waals surface area (Å²) < 4.78 is 24.5. The Balaban J connectivity index is 2.18. The minimum Gasteiger partial charge on any atom is -0.493 e. The van der Waals surface area contributed by atoms with Crippen LogP contribution in [0.4, 0.5) is 10.1 Å². The van der Waals surface area contributed by atoms with Crippen molar-refractivity contribution in [3.63, 3.8) is 0 Å². The van der Waals surface area contributed by atoms with Crippen molar-refractivity contribution in [2.75, 3.05) is 19.5 Å². The SMILES string of the molecule is COc1cc(CNc2ccc(F)cc2C)cc(Br)c1OC. The highest BCUT2D eigenvalue weighted by molar-refractivity contribution is 9.10. The second-order valence-electron chi connectivity index (χ2n) is 4.63. The number of rotatable bonds is 5. The molecule has 0 unspecified atom stereocenters. The standard InChI is InChI=1S/C16H17BrFNO2/c1-10-6-12(18)4-5-14(10)19-9-11-7-13(17)16(21-3)15(8-11)20-2/h4-8,19H,9H2,1-3H3. The van der Waals surface area contributed by atoms with Gasteiger partial charge in [0.2, 0.25) is 0 Å². The zero-order chi connectivity index (χ0) is 15.4. The Morgan fingerprint density at radius 3 is 2.52 bits per heavy atom. The molecule has 21 heavy (non-hydrogen) atoms. The second-order valence-corrected chi connectivity index (χ2v) is 5.48. The first-order chi connectivity index (χ1) is 10.0. The summed E-state index contributed by atoms with van der Waals surface area (Å²) in [5, 5.41) is 3.29. The van der Waals surface area contributed by atoms with Gasteiger partial charge in [0, 0.05) is 12.2 Å². The van der Waals surface area contributed by atoms with E-state index < -0.39 is 0 Å². The summed E-state index contributed by atoms with van der Waals surface area (Å²) in [7, 11) is 3.20. The largest absolute Gasteiger partial charge is 0.493 e. The summed E-state index contributed by atoms with van der Waals surface area (Å²) >= 11 is 3.47. The van der Waals surface area contributed by atoms with Crippen LogP contribution in [0.5, 0.6) is 11.5 Å². The maximum Gasteiger partial charge on any atom is 0.174 e. The molecule has 0 aromatic heterocycles. The van der Waals surface area contributed by atoms with E-state index in [1.54, 1.807) is 20.3 Å². The third kappa shape index (κ3) is 3.67. The van der Waals surface area contributed by atoms with Gasteiger partial charge < -0.3 is 14.8 Å². The predicted molar refractivity (Wildman–Crippen MR) is 85.7 cm³/mol. The Morgan fingerprint density at radius 2 is 1.90 bits per heavy atom. The molecule has 0 bridgehead atoms. The highest BCUT2D eigenvalue weighted by atomic mass is 79.9. The van der Waals surface area contributed by atoms with Crippen LogP contribution in [0, 0.1) is 12.7 Å². The van der Waals surface area contributed by atoms with Gasteiger partial charge in [0.15, 0.2) is 11.5 Å². The van der Waals surface area contributed by atoms with Crippen LogP contribution < -0.4 is 14.8 Å². The molecule has 0 aliphatic rings. The summed E-state index contributed by atoms with van der Waals surface area (Å²) in [5.41, 5.74) is 2.81. The quantitative estimate of drug-likeness (QED) is 0.856. The van der Waals surface area contributed by atoms with E-state index in [0.717, 1.165) is 21.3 Å². The molecular formula is C16H17BrFNO2. The molecule has 3 nitrogen and oxygen atoms in total. The summed E-state index contributed by atoms with van der Waals surface area (Å²) in [6, 6.07) is 8.57. The average Bonchev–Trinajstić information content (AvgIpc) is 2.45. The van der Waals surface area contributed by atoms with Crippen molar-refractivity contribution >= 4 is 21.6 Å². The van der Waals surface area contributed by atoms with Gasteiger partial charge in [0.05, 0.1) is 18.7 Å². The fourth-order valence-corrected chi connectivity index (χ4v) is 2.75. The van der Waals surface area contributed by atoms with Crippen LogP contribution >= 0.6 is 15.9 Å². The Bertz CT molecular complexity index is 646. The zero-order valence-corrected chi connectivity index (χ0v) is 13.8. The topological polar surface area (TPSA) is 30.5 Å². The highest BCUT2D eigenvalue weighted by Crippen LogP contribution is 2.36. The molecule has 1 N–H and O–H groups in total. The van der Waals surface area contributed by atoms with Gasteiger partial charge in [-0.15, -0.1) is 0 Å². The second kappa shape index (κ2) is 6.80. The van der Waals surface area contributed by atoms with E-state index in [2.05, 4.69) is 21.2 Å². The molecule has 0 heterocycles. The number of aryl methyl sites for hydroxylation is 1. The van der Waals surface area contributed by atoms with Crippen LogP contribution in [-0.2, 0) is 6.54 Å². The third-order valence-electron chi connectivity index (χ3n) is 3.16. The Labute approximate surface area is 132 Å². The normalized spacial score (nSPS) is 10.3. The van der Waals surface area contributed by atoms with E-state index in [4.69, 9.17) is 9.47 Å². The lowest BCUT2D eigenvalue weighted by atomic mass is 10.1.